The molecule has 1 rings (SSSR count). The quantitative estimate of drug-likeness (QED) is 0.630. The van der Waals surface area contributed by atoms with E-state index in [0.29, 0.717) is 0 Å². The maximum absolute atomic E-state index is 10.9. The van der Waals surface area contributed by atoms with Gasteiger partial charge in [0.05, 0.1) is 12.4 Å². The first-order chi connectivity index (χ1) is 5.90. The van der Waals surface area contributed by atoms with Gasteiger partial charge in [0.25, 0.3) is 10.1 Å². The highest BCUT2D eigenvalue weighted by Crippen LogP contribution is 2.20. The summed E-state index contributed by atoms with van der Waals surface area (Å²) in [5, 5.41) is 0. The lowest BCUT2D eigenvalue weighted by atomic mass is 10.1. The number of likely N-dealkylation sites (tertiary alicyclic amines) is 1. The van der Waals surface area contributed by atoms with Crippen molar-refractivity contribution in [1.29, 1.82) is 0 Å². The van der Waals surface area contributed by atoms with Crippen molar-refractivity contribution in [3.8, 4) is 0 Å². The molecule has 1 aliphatic rings. The van der Waals surface area contributed by atoms with Gasteiger partial charge in [0.1, 0.15) is 0 Å². The molecule has 1 aliphatic heterocycles. The molecular weight excluding hydrogens is 190 g/mol. The molecule has 0 saturated carbocycles. The van der Waals surface area contributed by atoms with Crippen LogP contribution in [-0.2, 0) is 14.3 Å². The summed E-state index contributed by atoms with van der Waals surface area (Å²) in [6, 6.07) is 0.245. The molecule has 5 heteroatoms. The predicted molar refractivity (Wildman–Crippen MR) is 51.0 cm³/mol. The molecule has 0 aliphatic carbocycles. The summed E-state index contributed by atoms with van der Waals surface area (Å²) in [4.78, 5) is 2.15. The van der Waals surface area contributed by atoms with Gasteiger partial charge < -0.3 is 4.90 Å². The maximum Gasteiger partial charge on any atom is 0.264 e. The standard InChI is InChI=1S/C8H17NO3S/c1-7(12-13(3,10)11)8-5-4-6-9(8)2/h7-8H,4-6H2,1-3H3/t7-,8-/m0/s1. The Hall–Kier alpha value is -0.130. The lowest BCUT2D eigenvalue weighted by molar-refractivity contribution is 0.128. The zero-order valence-corrected chi connectivity index (χ0v) is 9.17. The largest absolute Gasteiger partial charge is 0.301 e. The molecule has 1 heterocycles. The van der Waals surface area contributed by atoms with Crippen LogP contribution in [0.15, 0.2) is 0 Å². The molecule has 0 spiro atoms. The number of nitrogens with zero attached hydrogens (tertiary/aromatic N) is 1. The number of hydrogen-bond donors (Lipinski definition) is 0. The summed E-state index contributed by atoms with van der Waals surface area (Å²) in [7, 11) is -1.31. The molecule has 0 N–H and O–H groups in total. The van der Waals surface area contributed by atoms with Gasteiger partial charge in [-0.3, -0.25) is 4.18 Å². The first kappa shape index (κ1) is 10.9. The highest BCUT2D eigenvalue weighted by molar-refractivity contribution is 7.86. The molecule has 1 saturated heterocycles. The number of hydrogen-bond acceptors (Lipinski definition) is 4. The van der Waals surface area contributed by atoms with Crippen molar-refractivity contribution in [3.63, 3.8) is 0 Å². The zero-order chi connectivity index (χ0) is 10.1. The minimum atomic E-state index is -3.31. The molecule has 13 heavy (non-hydrogen) atoms. The van der Waals surface area contributed by atoms with Crippen LogP contribution in [0.1, 0.15) is 19.8 Å². The third kappa shape index (κ3) is 3.25. The Balaban J connectivity index is 2.52. The van der Waals surface area contributed by atoms with E-state index >= 15 is 0 Å². The van der Waals surface area contributed by atoms with Gasteiger partial charge in [-0.05, 0) is 33.4 Å². The molecule has 0 unspecified atom stereocenters. The van der Waals surface area contributed by atoms with Crippen molar-refractivity contribution in [1.82, 2.24) is 4.90 Å². The Bertz CT molecular complexity index is 263. The number of rotatable bonds is 3. The van der Waals surface area contributed by atoms with Crippen molar-refractivity contribution in [2.75, 3.05) is 19.8 Å². The first-order valence-corrected chi connectivity index (χ1v) is 6.30. The highest BCUT2D eigenvalue weighted by Gasteiger charge is 2.28. The van der Waals surface area contributed by atoms with Crippen LogP contribution in [0, 0.1) is 0 Å². The van der Waals surface area contributed by atoms with E-state index in [9.17, 15) is 8.42 Å². The Morgan fingerprint density at radius 2 is 2.15 bits per heavy atom. The molecular formula is C8H17NO3S. The van der Waals surface area contributed by atoms with Crippen LogP contribution in [-0.4, -0.2) is 45.3 Å². The summed E-state index contributed by atoms with van der Waals surface area (Å²) in [5.41, 5.74) is 0. The Kier molecular flexibility index (Phi) is 3.32. The number of likely N-dealkylation sites (N-methyl/N-ethyl adjacent to an activating group) is 1. The third-order valence-electron chi connectivity index (χ3n) is 2.45. The van der Waals surface area contributed by atoms with Crippen LogP contribution in [0.2, 0.25) is 0 Å². The van der Waals surface area contributed by atoms with E-state index in [1.165, 1.54) is 0 Å². The second-order valence-electron chi connectivity index (χ2n) is 3.70. The molecule has 78 valence electrons. The fraction of sp³-hybridized carbons (Fsp3) is 1.00. The molecule has 0 amide bonds. The predicted octanol–water partition coefficient (Wildman–Crippen LogP) is 0.445. The maximum atomic E-state index is 10.9. The molecule has 2 atom stereocenters. The fourth-order valence-corrected chi connectivity index (χ4v) is 2.55. The van der Waals surface area contributed by atoms with Crippen molar-refractivity contribution < 1.29 is 12.6 Å². The normalized spacial score (nSPS) is 27.8. The van der Waals surface area contributed by atoms with E-state index in [0.717, 1.165) is 25.6 Å². The van der Waals surface area contributed by atoms with Crippen molar-refractivity contribution in [2.24, 2.45) is 0 Å². The summed E-state index contributed by atoms with van der Waals surface area (Å²) >= 11 is 0. The molecule has 0 aromatic rings. The summed E-state index contributed by atoms with van der Waals surface area (Å²) in [5.74, 6) is 0. The molecule has 0 aromatic carbocycles. The van der Waals surface area contributed by atoms with Crippen LogP contribution < -0.4 is 0 Å². The van der Waals surface area contributed by atoms with Gasteiger partial charge in [-0.1, -0.05) is 0 Å². The van der Waals surface area contributed by atoms with Crippen LogP contribution in [0.5, 0.6) is 0 Å². The smallest absolute Gasteiger partial charge is 0.264 e. The van der Waals surface area contributed by atoms with Crippen molar-refractivity contribution in [2.45, 2.75) is 31.9 Å². The monoisotopic (exact) mass is 207 g/mol. The van der Waals surface area contributed by atoms with E-state index in [1.54, 1.807) is 0 Å². The average Bonchev–Trinajstić information content (AvgIpc) is 2.30. The van der Waals surface area contributed by atoms with Gasteiger partial charge in [-0.15, -0.1) is 0 Å². The van der Waals surface area contributed by atoms with Crippen molar-refractivity contribution >= 4 is 10.1 Å². The van der Waals surface area contributed by atoms with E-state index in [2.05, 4.69) is 4.90 Å². The highest BCUT2D eigenvalue weighted by atomic mass is 32.2. The Labute approximate surface area is 80.0 Å². The molecule has 1 fully saturated rings. The third-order valence-corrected chi connectivity index (χ3v) is 3.10. The van der Waals surface area contributed by atoms with Crippen LogP contribution in [0.3, 0.4) is 0 Å². The minimum Gasteiger partial charge on any atom is -0.301 e. The van der Waals surface area contributed by atoms with Gasteiger partial charge in [-0.2, -0.15) is 8.42 Å². The van der Waals surface area contributed by atoms with Gasteiger partial charge in [0, 0.05) is 6.04 Å². The lowest BCUT2D eigenvalue weighted by Gasteiger charge is -2.24. The van der Waals surface area contributed by atoms with E-state index in [-0.39, 0.29) is 12.1 Å². The lowest BCUT2D eigenvalue weighted by Crippen LogP contribution is -2.37. The zero-order valence-electron chi connectivity index (χ0n) is 8.36. The van der Waals surface area contributed by atoms with Gasteiger partial charge in [0.15, 0.2) is 0 Å². The Morgan fingerprint density at radius 3 is 2.54 bits per heavy atom. The SMILES string of the molecule is C[C@H](OS(C)(=O)=O)[C@@H]1CCCN1C. The van der Waals surface area contributed by atoms with Gasteiger partial charge in [0.2, 0.25) is 0 Å². The Morgan fingerprint density at radius 1 is 1.54 bits per heavy atom. The first-order valence-electron chi connectivity index (χ1n) is 4.48. The van der Waals surface area contributed by atoms with E-state index < -0.39 is 10.1 Å². The summed E-state index contributed by atoms with van der Waals surface area (Å²) < 4.78 is 26.7. The summed E-state index contributed by atoms with van der Waals surface area (Å²) in [6.45, 7) is 2.84. The van der Waals surface area contributed by atoms with Crippen molar-refractivity contribution in [3.05, 3.63) is 0 Å². The molecule has 0 bridgehead atoms. The second kappa shape index (κ2) is 3.94. The van der Waals surface area contributed by atoms with Gasteiger partial charge in [-0.25, -0.2) is 0 Å². The fourth-order valence-electron chi connectivity index (χ4n) is 1.87. The minimum absolute atomic E-state index is 0.234. The second-order valence-corrected chi connectivity index (χ2v) is 5.30. The molecule has 0 aromatic heterocycles. The summed E-state index contributed by atoms with van der Waals surface area (Å²) in [6.07, 6.45) is 3.01. The van der Waals surface area contributed by atoms with E-state index in [4.69, 9.17) is 4.18 Å². The topological polar surface area (TPSA) is 46.6 Å². The van der Waals surface area contributed by atoms with Crippen LogP contribution in [0.25, 0.3) is 0 Å². The molecule has 0 radical (unpaired) electrons. The molecule has 4 nitrogen and oxygen atoms in total. The van der Waals surface area contributed by atoms with Gasteiger partial charge >= 0.3 is 0 Å². The average molecular weight is 207 g/mol. The van der Waals surface area contributed by atoms with E-state index in [1.807, 2.05) is 14.0 Å². The van der Waals surface area contributed by atoms with Crippen LogP contribution in [0.4, 0.5) is 0 Å². The van der Waals surface area contributed by atoms with Crippen LogP contribution >= 0.6 is 0 Å².